The van der Waals surface area contributed by atoms with Crippen LogP contribution >= 0.6 is 0 Å². The summed E-state index contributed by atoms with van der Waals surface area (Å²) in [5, 5.41) is 3.03. The van der Waals surface area contributed by atoms with E-state index in [4.69, 9.17) is 0 Å². The van der Waals surface area contributed by atoms with E-state index >= 15 is 0 Å². The molecule has 0 spiro atoms. The van der Waals surface area contributed by atoms with Gasteiger partial charge in [0, 0.05) is 30.8 Å². The fourth-order valence-corrected chi connectivity index (χ4v) is 3.90. The standard InChI is InChI=1S/C20H28N2O2/c1-15-10-11-17(14-18(15)22-12-6-5-9-20(22)24)21-19(23)13-16-7-3-2-4-8-16/h10-11,14,16H,2-9,12-13H2,1H3,(H,21,23). The molecule has 4 nitrogen and oxygen atoms in total. The lowest BCUT2D eigenvalue weighted by molar-refractivity contribution is -0.119. The maximum atomic E-state index is 12.3. The van der Waals surface area contributed by atoms with Crippen LogP contribution in [0.15, 0.2) is 18.2 Å². The van der Waals surface area contributed by atoms with E-state index in [9.17, 15) is 9.59 Å². The summed E-state index contributed by atoms with van der Waals surface area (Å²) in [5.74, 6) is 0.823. The number of rotatable bonds is 4. The number of nitrogens with one attached hydrogen (secondary N) is 1. The molecule has 2 fully saturated rings. The first-order valence-corrected chi connectivity index (χ1v) is 9.34. The molecule has 0 aromatic heterocycles. The summed E-state index contributed by atoms with van der Waals surface area (Å²) in [5.41, 5.74) is 2.82. The maximum Gasteiger partial charge on any atom is 0.226 e. The number of hydrogen-bond donors (Lipinski definition) is 1. The summed E-state index contributed by atoms with van der Waals surface area (Å²) in [6.07, 6.45) is 9.43. The Kier molecular flexibility index (Phi) is 5.54. The molecule has 0 atom stereocenters. The van der Waals surface area contributed by atoms with E-state index in [0.29, 0.717) is 18.8 Å². The first-order chi connectivity index (χ1) is 11.6. The largest absolute Gasteiger partial charge is 0.326 e. The van der Waals surface area contributed by atoms with Crippen LogP contribution in [0.25, 0.3) is 0 Å². The van der Waals surface area contributed by atoms with Gasteiger partial charge in [-0.05, 0) is 56.2 Å². The summed E-state index contributed by atoms with van der Waals surface area (Å²) >= 11 is 0. The minimum absolute atomic E-state index is 0.0988. The van der Waals surface area contributed by atoms with Crippen LogP contribution in [-0.4, -0.2) is 18.4 Å². The Bertz CT molecular complexity index is 606. The number of nitrogens with zero attached hydrogens (tertiary/aromatic N) is 1. The Morgan fingerprint density at radius 3 is 2.71 bits per heavy atom. The van der Waals surface area contributed by atoms with Crippen molar-refractivity contribution < 1.29 is 9.59 Å². The van der Waals surface area contributed by atoms with Gasteiger partial charge in [-0.1, -0.05) is 25.3 Å². The third-order valence-corrected chi connectivity index (χ3v) is 5.31. The second kappa shape index (κ2) is 7.82. The first-order valence-electron chi connectivity index (χ1n) is 9.34. The van der Waals surface area contributed by atoms with E-state index in [2.05, 4.69) is 5.32 Å². The van der Waals surface area contributed by atoms with Crippen LogP contribution in [0.1, 0.15) is 63.4 Å². The fourth-order valence-electron chi connectivity index (χ4n) is 3.90. The van der Waals surface area contributed by atoms with Gasteiger partial charge < -0.3 is 10.2 Å². The first kappa shape index (κ1) is 17.0. The zero-order valence-corrected chi connectivity index (χ0v) is 14.6. The Labute approximate surface area is 144 Å². The fraction of sp³-hybridized carbons (Fsp3) is 0.600. The highest BCUT2D eigenvalue weighted by Gasteiger charge is 2.22. The van der Waals surface area contributed by atoms with E-state index < -0.39 is 0 Å². The molecule has 24 heavy (non-hydrogen) atoms. The number of aryl methyl sites for hydroxylation is 1. The van der Waals surface area contributed by atoms with Gasteiger partial charge in [0.15, 0.2) is 0 Å². The molecule has 1 aromatic rings. The van der Waals surface area contributed by atoms with Gasteiger partial charge in [-0.25, -0.2) is 0 Å². The van der Waals surface area contributed by atoms with Gasteiger partial charge in [-0.15, -0.1) is 0 Å². The third kappa shape index (κ3) is 4.16. The molecule has 1 aliphatic heterocycles. The molecule has 0 radical (unpaired) electrons. The summed E-state index contributed by atoms with van der Waals surface area (Å²) in [6, 6.07) is 5.89. The smallest absolute Gasteiger partial charge is 0.226 e. The van der Waals surface area contributed by atoms with Gasteiger partial charge >= 0.3 is 0 Å². The quantitative estimate of drug-likeness (QED) is 0.889. The average molecular weight is 328 g/mol. The van der Waals surface area contributed by atoms with Crippen molar-refractivity contribution in [3.63, 3.8) is 0 Å². The summed E-state index contributed by atoms with van der Waals surface area (Å²) in [4.78, 5) is 26.4. The molecular weight excluding hydrogens is 300 g/mol. The van der Waals surface area contributed by atoms with Gasteiger partial charge in [-0.3, -0.25) is 9.59 Å². The Hall–Kier alpha value is -1.84. The molecule has 0 bridgehead atoms. The van der Waals surface area contributed by atoms with Crippen LogP contribution in [0, 0.1) is 12.8 Å². The monoisotopic (exact) mass is 328 g/mol. The van der Waals surface area contributed by atoms with Crippen molar-refractivity contribution in [2.75, 3.05) is 16.8 Å². The van der Waals surface area contributed by atoms with Crippen molar-refractivity contribution in [2.45, 2.75) is 64.7 Å². The Morgan fingerprint density at radius 2 is 1.96 bits per heavy atom. The van der Waals surface area contributed by atoms with Gasteiger partial charge in [0.2, 0.25) is 11.8 Å². The molecule has 1 heterocycles. The average Bonchev–Trinajstić information content (AvgIpc) is 2.58. The highest BCUT2D eigenvalue weighted by Crippen LogP contribution is 2.29. The molecule has 3 rings (SSSR count). The predicted molar refractivity (Wildman–Crippen MR) is 97.2 cm³/mol. The van der Waals surface area contributed by atoms with Crippen LogP contribution in [0.5, 0.6) is 0 Å². The number of benzene rings is 1. The van der Waals surface area contributed by atoms with Crippen molar-refractivity contribution in [1.82, 2.24) is 0 Å². The minimum Gasteiger partial charge on any atom is -0.326 e. The number of hydrogen-bond acceptors (Lipinski definition) is 2. The van der Waals surface area contributed by atoms with E-state index in [-0.39, 0.29) is 11.8 Å². The summed E-state index contributed by atoms with van der Waals surface area (Å²) in [6.45, 7) is 2.80. The van der Waals surface area contributed by atoms with Crippen LogP contribution in [-0.2, 0) is 9.59 Å². The zero-order valence-electron chi connectivity index (χ0n) is 14.6. The molecule has 1 saturated carbocycles. The summed E-state index contributed by atoms with van der Waals surface area (Å²) in [7, 11) is 0. The lowest BCUT2D eigenvalue weighted by Gasteiger charge is -2.28. The number of carbonyl (C=O) groups is 2. The van der Waals surface area contributed by atoms with Gasteiger partial charge in [0.05, 0.1) is 0 Å². The van der Waals surface area contributed by atoms with Crippen molar-refractivity contribution in [3.8, 4) is 0 Å². The molecule has 2 amide bonds. The van der Waals surface area contributed by atoms with Gasteiger partial charge in [0.25, 0.3) is 0 Å². The molecule has 1 N–H and O–H groups in total. The molecule has 1 aromatic carbocycles. The number of amides is 2. The Morgan fingerprint density at radius 1 is 1.17 bits per heavy atom. The highest BCUT2D eigenvalue weighted by atomic mass is 16.2. The molecule has 1 saturated heterocycles. The summed E-state index contributed by atoms with van der Waals surface area (Å²) < 4.78 is 0. The molecule has 0 unspecified atom stereocenters. The number of anilines is 2. The van der Waals surface area contributed by atoms with Crippen molar-refractivity contribution in [1.29, 1.82) is 0 Å². The Balaban J connectivity index is 1.66. The molecule has 2 aliphatic rings. The molecule has 130 valence electrons. The zero-order chi connectivity index (χ0) is 16.9. The number of carbonyl (C=O) groups excluding carboxylic acids is 2. The molecular formula is C20H28N2O2. The van der Waals surface area contributed by atoms with Crippen LogP contribution in [0.3, 0.4) is 0 Å². The van der Waals surface area contributed by atoms with Crippen molar-refractivity contribution in [2.24, 2.45) is 5.92 Å². The normalized spacial score (nSPS) is 19.4. The SMILES string of the molecule is Cc1ccc(NC(=O)CC2CCCCC2)cc1N1CCCCC1=O. The topological polar surface area (TPSA) is 49.4 Å². The second-order valence-corrected chi connectivity index (χ2v) is 7.26. The van der Waals surface area contributed by atoms with Gasteiger partial charge in [0.1, 0.15) is 0 Å². The predicted octanol–water partition coefficient (Wildman–Crippen LogP) is 4.42. The minimum atomic E-state index is 0.0988. The third-order valence-electron chi connectivity index (χ3n) is 5.31. The lowest BCUT2D eigenvalue weighted by Crippen LogP contribution is -2.35. The number of piperidine rings is 1. The van der Waals surface area contributed by atoms with E-state index in [1.807, 2.05) is 30.0 Å². The highest BCUT2D eigenvalue weighted by molar-refractivity contribution is 5.96. The molecule has 4 heteroatoms. The van der Waals surface area contributed by atoms with E-state index in [1.54, 1.807) is 0 Å². The van der Waals surface area contributed by atoms with Crippen molar-refractivity contribution in [3.05, 3.63) is 23.8 Å². The van der Waals surface area contributed by atoms with E-state index in [0.717, 1.165) is 36.3 Å². The lowest BCUT2D eigenvalue weighted by atomic mass is 9.87. The van der Waals surface area contributed by atoms with Gasteiger partial charge in [-0.2, -0.15) is 0 Å². The maximum absolute atomic E-state index is 12.3. The molecule has 1 aliphatic carbocycles. The second-order valence-electron chi connectivity index (χ2n) is 7.26. The van der Waals surface area contributed by atoms with Crippen LogP contribution in [0.2, 0.25) is 0 Å². The van der Waals surface area contributed by atoms with E-state index in [1.165, 1.54) is 32.1 Å². The van der Waals surface area contributed by atoms with Crippen LogP contribution < -0.4 is 10.2 Å². The van der Waals surface area contributed by atoms with Crippen molar-refractivity contribution >= 4 is 23.2 Å². The van der Waals surface area contributed by atoms with Crippen LogP contribution in [0.4, 0.5) is 11.4 Å².